The number of amides is 1. The number of aromatic nitrogens is 1. The fourth-order valence-electron chi connectivity index (χ4n) is 3.47. The van der Waals surface area contributed by atoms with Crippen LogP contribution >= 0.6 is 0 Å². The Morgan fingerprint density at radius 2 is 1.74 bits per heavy atom. The summed E-state index contributed by atoms with van der Waals surface area (Å²) in [6.07, 6.45) is 1.84. The molecule has 5 nitrogen and oxygen atoms in total. The average Bonchev–Trinajstić information content (AvgIpc) is 3.62. The number of benzene rings is 2. The molecule has 2 N–H and O–H groups in total. The lowest BCUT2D eigenvalue weighted by Crippen LogP contribution is -2.31. The van der Waals surface area contributed by atoms with Crippen molar-refractivity contribution in [2.24, 2.45) is 0 Å². The molecule has 0 saturated heterocycles. The van der Waals surface area contributed by atoms with E-state index < -0.39 is 35.1 Å². The maximum absolute atomic E-state index is 15.1. The maximum Gasteiger partial charge on any atom is 0.254 e. The number of hydrogen-bond donors (Lipinski definition) is 2. The van der Waals surface area contributed by atoms with Gasteiger partial charge in [0.25, 0.3) is 5.91 Å². The molecular formula is C26H25F3N2O3. The highest BCUT2D eigenvalue weighted by molar-refractivity contribution is 5.82. The molecule has 1 saturated carbocycles. The minimum absolute atomic E-state index is 0.0580. The van der Waals surface area contributed by atoms with E-state index in [2.05, 4.69) is 10.3 Å². The number of aliphatic hydroxyl groups is 1. The summed E-state index contributed by atoms with van der Waals surface area (Å²) in [5, 5.41) is 12.9. The number of rotatable bonds is 8. The minimum atomic E-state index is -1.16. The van der Waals surface area contributed by atoms with Crippen molar-refractivity contribution in [1.82, 2.24) is 10.3 Å². The highest BCUT2D eigenvalue weighted by Gasteiger charge is 2.33. The minimum Gasteiger partial charge on any atom is -0.384 e. The van der Waals surface area contributed by atoms with Gasteiger partial charge in [-0.25, -0.2) is 13.2 Å². The SMILES string of the molecule is CC(C)(O)c1cc(CNC(=O)C(OC2CC2)c2ccc(-c3ccc(F)c(F)c3)cc2F)ccn1. The van der Waals surface area contributed by atoms with Gasteiger partial charge in [0, 0.05) is 18.3 Å². The molecule has 1 aliphatic carbocycles. The zero-order valence-corrected chi connectivity index (χ0v) is 18.8. The summed E-state index contributed by atoms with van der Waals surface area (Å²) in [7, 11) is 0. The molecule has 1 atom stereocenters. The first kappa shape index (κ1) is 23.9. The second-order valence-electron chi connectivity index (χ2n) is 8.91. The van der Waals surface area contributed by atoms with E-state index >= 15 is 4.39 Å². The molecule has 0 aliphatic heterocycles. The Kier molecular flexibility index (Phi) is 6.72. The second-order valence-corrected chi connectivity index (χ2v) is 8.91. The summed E-state index contributed by atoms with van der Waals surface area (Å²) in [5.74, 6) is -3.20. The van der Waals surface area contributed by atoms with Gasteiger partial charge in [0.15, 0.2) is 17.7 Å². The molecular weight excluding hydrogens is 445 g/mol. The number of nitrogens with zero attached hydrogens (tertiary/aromatic N) is 1. The van der Waals surface area contributed by atoms with Crippen LogP contribution in [0.1, 0.15) is 49.6 Å². The zero-order valence-electron chi connectivity index (χ0n) is 18.8. The lowest BCUT2D eigenvalue weighted by molar-refractivity contribution is -0.134. The zero-order chi connectivity index (χ0) is 24.5. The van der Waals surface area contributed by atoms with E-state index in [4.69, 9.17) is 4.74 Å². The van der Waals surface area contributed by atoms with Gasteiger partial charge in [-0.05, 0) is 73.7 Å². The van der Waals surface area contributed by atoms with Gasteiger partial charge in [-0.15, -0.1) is 0 Å². The molecule has 0 spiro atoms. The number of nitrogens with one attached hydrogen (secondary N) is 1. The van der Waals surface area contributed by atoms with Crippen molar-refractivity contribution in [1.29, 1.82) is 0 Å². The second kappa shape index (κ2) is 9.56. The Morgan fingerprint density at radius 1 is 1.06 bits per heavy atom. The van der Waals surface area contributed by atoms with Crippen molar-refractivity contribution >= 4 is 5.91 Å². The van der Waals surface area contributed by atoms with Crippen LogP contribution in [-0.4, -0.2) is 22.1 Å². The van der Waals surface area contributed by atoms with Gasteiger partial charge in [0.1, 0.15) is 11.4 Å². The molecule has 178 valence electrons. The van der Waals surface area contributed by atoms with Crippen LogP contribution in [0, 0.1) is 17.5 Å². The van der Waals surface area contributed by atoms with E-state index in [1.807, 2.05) is 0 Å². The molecule has 1 amide bonds. The van der Waals surface area contributed by atoms with Crippen molar-refractivity contribution < 1.29 is 27.8 Å². The van der Waals surface area contributed by atoms with Crippen molar-refractivity contribution in [3.8, 4) is 11.1 Å². The summed E-state index contributed by atoms with van der Waals surface area (Å²) in [4.78, 5) is 17.1. The van der Waals surface area contributed by atoms with Crippen LogP contribution < -0.4 is 5.32 Å². The van der Waals surface area contributed by atoms with Gasteiger partial charge < -0.3 is 15.2 Å². The maximum atomic E-state index is 15.1. The summed E-state index contributed by atoms with van der Waals surface area (Å²) in [6.45, 7) is 3.37. The predicted octanol–water partition coefficient (Wildman–Crippen LogP) is 4.93. The van der Waals surface area contributed by atoms with Crippen molar-refractivity contribution in [3.63, 3.8) is 0 Å². The first-order valence-corrected chi connectivity index (χ1v) is 11.0. The third-order valence-corrected chi connectivity index (χ3v) is 5.54. The molecule has 8 heteroatoms. The predicted molar refractivity (Wildman–Crippen MR) is 120 cm³/mol. The monoisotopic (exact) mass is 470 g/mol. The van der Waals surface area contributed by atoms with Crippen LogP contribution in [0.5, 0.6) is 0 Å². The number of halogens is 3. The Labute approximate surface area is 195 Å². The molecule has 0 radical (unpaired) electrons. The van der Waals surface area contributed by atoms with Crippen LogP contribution in [0.4, 0.5) is 13.2 Å². The molecule has 0 bridgehead atoms. The van der Waals surface area contributed by atoms with Gasteiger partial charge in [-0.2, -0.15) is 0 Å². The number of ether oxygens (including phenoxy) is 1. The molecule has 4 rings (SSSR count). The average molecular weight is 470 g/mol. The third-order valence-electron chi connectivity index (χ3n) is 5.54. The number of hydrogen-bond acceptors (Lipinski definition) is 4. The smallest absolute Gasteiger partial charge is 0.254 e. The van der Waals surface area contributed by atoms with Gasteiger partial charge >= 0.3 is 0 Å². The molecule has 1 heterocycles. The van der Waals surface area contributed by atoms with E-state index in [1.165, 1.54) is 18.2 Å². The van der Waals surface area contributed by atoms with Crippen molar-refractivity contribution in [2.75, 3.05) is 0 Å². The van der Waals surface area contributed by atoms with Crippen molar-refractivity contribution in [3.05, 3.63) is 89.0 Å². The number of carbonyl (C=O) groups is 1. The summed E-state index contributed by atoms with van der Waals surface area (Å²) >= 11 is 0. The Hall–Kier alpha value is -3.23. The standard InChI is InChI=1S/C26H25F3N2O3/c1-26(2,33)23-11-15(9-10-30-23)14-31-25(32)24(34-18-5-6-18)19-7-3-16(12-21(19)28)17-4-8-20(27)22(29)13-17/h3-4,7-13,18,24,33H,5-6,14H2,1-2H3,(H,31,32). The van der Waals surface area contributed by atoms with Crippen LogP contribution in [0.3, 0.4) is 0 Å². The van der Waals surface area contributed by atoms with Gasteiger partial charge in [-0.1, -0.05) is 18.2 Å². The van der Waals surface area contributed by atoms with Crippen LogP contribution in [0.2, 0.25) is 0 Å². The van der Waals surface area contributed by atoms with E-state index in [9.17, 15) is 18.7 Å². The number of pyridine rings is 1. The Morgan fingerprint density at radius 3 is 2.35 bits per heavy atom. The first-order chi connectivity index (χ1) is 16.1. The van der Waals surface area contributed by atoms with Gasteiger partial charge in [-0.3, -0.25) is 9.78 Å². The van der Waals surface area contributed by atoms with E-state index in [0.717, 1.165) is 30.5 Å². The fraction of sp³-hybridized carbons (Fsp3) is 0.308. The highest BCUT2D eigenvalue weighted by atomic mass is 19.2. The fourth-order valence-corrected chi connectivity index (χ4v) is 3.47. The molecule has 2 aromatic carbocycles. The quantitative estimate of drug-likeness (QED) is 0.490. The van der Waals surface area contributed by atoms with Crippen molar-refractivity contribution in [2.45, 2.75) is 51.0 Å². The van der Waals surface area contributed by atoms with E-state index in [0.29, 0.717) is 16.8 Å². The normalized spacial score (nSPS) is 14.6. The van der Waals surface area contributed by atoms with Crippen LogP contribution in [0.25, 0.3) is 11.1 Å². The first-order valence-electron chi connectivity index (χ1n) is 11.0. The van der Waals surface area contributed by atoms with Crippen LogP contribution in [0.15, 0.2) is 54.7 Å². The topological polar surface area (TPSA) is 71.5 Å². The highest BCUT2D eigenvalue weighted by Crippen LogP contribution is 2.33. The molecule has 1 aromatic heterocycles. The molecule has 1 fully saturated rings. The lowest BCUT2D eigenvalue weighted by Gasteiger charge is -2.20. The molecule has 1 unspecified atom stereocenters. The molecule has 3 aromatic rings. The molecule has 1 aliphatic rings. The lowest BCUT2D eigenvalue weighted by atomic mass is 10.00. The van der Waals surface area contributed by atoms with Gasteiger partial charge in [0.05, 0.1) is 11.8 Å². The summed E-state index contributed by atoms with van der Waals surface area (Å²) in [6, 6.07) is 10.9. The Balaban J connectivity index is 1.53. The van der Waals surface area contributed by atoms with Crippen LogP contribution in [-0.2, 0) is 21.7 Å². The molecule has 34 heavy (non-hydrogen) atoms. The summed E-state index contributed by atoms with van der Waals surface area (Å²) < 4.78 is 47.7. The van der Waals surface area contributed by atoms with Gasteiger partial charge in [0.2, 0.25) is 0 Å². The summed E-state index contributed by atoms with van der Waals surface area (Å²) in [5.41, 5.74) is 0.775. The third kappa shape index (κ3) is 5.63. The largest absolute Gasteiger partial charge is 0.384 e. The van der Waals surface area contributed by atoms with E-state index in [1.54, 1.807) is 38.2 Å². The van der Waals surface area contributed by atoms with E-state index in [-0.39, 0.29) is 18.2 Å². The Bertz CT molecular complexity index is 1210. The number of carbonyl (C=O) groups excluding carboxylic acids is 1.